The van der Waals surface area contributed by atoms with Crippen molar-refractivity contribution in [3.8, 4) is 5.69 Å². The summed E-state index contributed by atoms with van der Waals surface area (Å²) in [7, 11) is 0. The van der Waals surface area contributed by atoms with Crippen LogP contribution < -0.4 is 22.1 Å². The van der Waals surface area contributed by atoms with Crippen molar-refractivity contribution in [2.24, 2.45) is 11.7 Å². The SMILES string of the molecule is NCc1cccc(-n2nc(C(F)(F)F)cc2C(=O)Nc2cccc(C(NCC3CC3)c3ccc(N)cc3)c2)c1. The Hall–Kier alpha value is -4.15. The molecule has 0 aliphatic heterocycles. The summed E-state index contributed by atoms with van der Waals surface area (Å²) in [4.78, 5) is 13.3. The fourth-order valence-corrected chi connectivity index (χ4v) is 4.41. The van der Waals surface area contributed by atoms with Gasteiger partial charge < -0.3 is 22.1 Å². The van der Waals surface area contributed by atoms with Crippen LogP contribution >= 0.6 is 0 Å². The molecule has 1 atom stereocenters. The van der Waals surface area contributed by atoms with Gasteiger partial charge in [0.2, 0.25) is 0 Å². The van der Waals surface area contributed by atoms with Crippen LogP contribution in [0.1, 0.15) is 51.8 Å². The van der Waals surface area contributed by atoms with E-state index in [1.165, 1.54) is 12.8 Å². The third kappa shape index (κ3) is 6.30. The second-order valence-corrected chi connectivity index (χ2v) is 9.73. The summed E-state index contributed by atoms with van der Waals surface area (Å²) in [5.74, 6) is -0.0756. The second-order valence-electron chi connectivity index (χ2n) is 9.73. The van der Waals surface area contributed by atoms with Crippen molar-refractivity contribution in [3.63, 3.8) is 0 Å². The van der Waals surface area contributed by atoms with Crippen LogP contribution in [0, 0.1) is 5.92 Å². The number of nitrogens with two attached hydrogens (primary N) is 2. The molecule has 0 bridgehead atoms. The van der Waals surface area contributed by atoms with Gasteiger partial charge in [-0.05, 0) is 78.4 Å². The average molecular weight is 535 g/mol. The molecule has 0 radical (unpaired) electrons. The third-order valence-electron chi connectivity index (χ3n) is 6.68. The zero-order chi connectivity index (χ0) is 27.6. The molecule has 6 N–H and O–H groups in total. The van der Waals surface area contributed by atoms with E-state index in [0.29, 0.717) is 28.5 Å². The van der Waals surface area contributed by atoms with Gasteiger partial charge in [-0.25, -0.2) is 4.68 Å². The Morgan fingerprint density at radius 3 is 2.44 bits per heavy atom. The molecule has 202 valence electrons. The molecule has 1 aliphatic rings. The van der Waals surface area contributed by atoms with Crippen LogP contribution in [0.4, 0.5) is 24.5 Å². The van der Waals surface area contributed by atoms with Gasteiger partial charge in [0.15, 0.2) is 5.69 Å². The molecule has 3 aromatic carbocycles. The normalized spacial score (nSPS) is 14.3. The number of anilines is 2. The van der Waals surface area contributed by atoms with Gasteiger partial charge in [0.25, 0.3) is 5.91 Å². The molecular formula is C29H29F3N6O. The van der Waals surface area contributed by atoms with Crippen molar-refractivity contribution in [3.05, 3.63) is 107 Å². The predicted molar refractivity (Wildman–Crippen MR) is 144 cm³/mol. The van der Waals surface area contributed by atoms with Gasteiger partial charge in [0.1, 0.15) is 5.69 Å². The Kier molecular flexibility index (Phi) is 7.40. The molecule has 39 heavy (non-hydrogen) atoms. The summed E-state index contributed by atoms with van der Waals surface area (Å²) in [5.41, 5.74) is 14.2. The predicted octanol–water partition coefficient (Wildman–Crippen LogP) is 5.27. The molecule has 1 fully saturated rings. The molecule has 10 heteroatoms. The number of hydrogen-bond donors (Lipinski definition) is 4. The Morgan fingerprint density at radius 1 is 1.00 bits per heavy atom. The van der Waals surface area contributed by atoms with Gasteiger partial charge in [-0.15, -0.1) is 0 Å². The highest BCUT2D eigenvalue weighted by atomic mass is 19.4. The molecular weight excluding hydrogens is 505 g/mol. The second kappa shape index (κ2) is 10.9. The standard InChI is InChI=1S/C29H29F3N6O/c30-29(31,32)26-15-25(38(37-26)24-6-1-3-19(13-24)16-33)28(39)36-23-5-2-4-21(14-23)27(35-17-18-7-8-18)20-9-11-22(34)12-10-20/h1-6,9-15,18,27,35H,7-8,16-17,33-34H2,(H,36,39). The fourth-order valence-electron chi connectivity index (χ4n) is 4.41. The van der Waals surface area contributed by atoms with Crippen LogP contribution in [0.5, 0.6) is 0 Å². The summed E-state index contributed by atoms with van der Waals surface area (Å²) in [6.07, 6.45) is -2.33. The van der Waals surface area contributed by atoms with Gasteiger partial charge in [-0.2, -0.15) is 18.3 Å². The zero-order valence-corrected chi connectivity index (χ0v) is 21.1. The third-order valence-corrected chi connectivity index (χ3v) is 6.68. The van der Waals surface area contributed by atoms with Crippen molar-refractivity contribution in [1.29, 1.82) is 0 Å². The van der Waals surface area contributed by atoms with Crippen LogP contribution in [0.25, 0.3) is 5.69 Å². The number of amides is 1. The number of rotatable bonds is 9. The number of halogens is 3. The van der Waals surface area contributed by atoms with E-state index < -0.39 is 17.8 Å². The number of carbonyl (C=O) groups is 1. The first-order valence-corrected chi connectivity index (χ1v) is 12.7. The Bertz CT molecular complexity index is 1460. The highest BCUT2D eigenvalue weighted by molar-refractivity contribution is 6.03. The summed E-state index contributed by atoms with van der Waals surface area (Å²) < 4.78 is 41.7. The van der Waals surface area contributed by atoms with E-state index in [1.54, 1.807) is 36.4 Å². The number of nitrogens with zero attached hydrogens (tertiary/aromatic N) is 2. The highest BCUT2D eigenvalue weighted by Crippen LogP contribution is 2.32. The maximum atomic E-state index is 13.6. The van der Waals surface area contributed by atoms with Crippen LogP contribution in [0.15, 0.2) is 78.9 Å². The number of carbonyl (C=O) groups excluding carboxylic acids is 1. The summed E-state index contributed by atoms with van der Waals surface area (Å²) in [6.45, 7) is 1.05. The van der Waals surface area contributed by atoms with Gasteiger partial charge >= 0.3 is 6.18 Å². The van der Waals surface area contributed by atoms with Gasteiger partial charge in [0.05, 0.1) is 11.7 Å². The monoisotopic (exact) mass is 534 g/mol. The van der Waals surface area contributed by atoms with E-state index in [-0.39, 0.29) is 18.3 Å². The number of benzene rings is 3. The topological polar surface area (TPSA) is 111 Å². The molecule has 1 heterocycles. The van der Waals surface area contributed by atoms with Crippen molar-refractivity contribution in [2.75, 3.05) is 17.6 Å². The average Bonchev–Trinajstić information content (AvgIpc) is 3.63. The lowest BCUT2D eigenvalue weighted by atomic mass is 9.97. The summed E-state index contributed by atoms with van der Waals surface area (Å²) >= 11 is 0. The molecule has 1 saturated carbocycles. The number of nitrogens with one attached hydrogen (secondary N) is 2. The molecule has 0 spiro atoms. The minimum Gasteiger partial charge on any atom is -0.399 e. The number of hydrogen-bond acceptors (Lipinski definition) is 5. The van der Waals surface area contributed by atoms with Crippen molar-refractivity contribution < 1.29 is 18.0 Å². The van der Waals surface area contributed by atoms with E-state index in [4.69, 9.17) is 11.5 Å². The Labute approximate surface area is 224 Å². The highest BCUT2D eigenvalue weighted by Gasteiger charge is 2.36. The fraction of sp³-hybridized carbons (Fsp3) is 0.241. The first-order chi connectivity index (χ1) is 18.7. The van der Waals surface area contributed by atoms with Crippen LogP contribution in [-0.4, -0.2) is 22.2 Å². The maximum Gasteiger partial charge on any atom is 0.435 e. The van der Waals surface area contributed by atoms with E-state index >= 15 is 0 Å². The van der Waals surface area contributed by atoms with Crippen LogP contribution in [0.2, 0.25) is 0 Å². The lowest BCUT2D eigenvalue weighted by Gasteiger charge is -2.21. The molecule has 1 amide bonds. The van der Waals surface area contributed by atoms with Gasteiger partial charge in [0, 0.05) is 24.0 Å². The minimum absolute atomic E-state index is 0.149. The molecule has 1 unspecified atom stereocenters. The van der Waals surface area contributed by atoms with Crippen molar-refractivity contribution in [1.82, 2.24) is 15.1 Å². The smallest absolute Gasteiger partial charge is 0.399 e. The lowest BCUT2D eigenvalue weighted by molar-refractivity contribution is -0.141. The lowest BCUT2D eigenvalue weighted by Crippen LogP contribution is -2.25. The molecule has 1 aliphatic carbocycles. The molecule has 4 aromatic rings. The minimum atomic E-state index is -4.72. The first-order valence-electron chi connectivity index (χ1n) is 12.7. The van der Waals surface area contributed by atoms with E-state index in [9.17, 15) is 18.0 Å². The maximum absolute atomic E-state index is 13.6. The van der Waals surface area contributed by atoms with E-state index in [2.05, 4.69) is 15.7 Å². The van der Waals surface area contributed by atoms with Crippen molar-refractivity contribution >= 4 is 17.3 Å². The zero-order valence-electron chi connectivity index (χ0n) is 21.1. The molecule has 0 saturated heterocycles. The van der Waals surface area contributed by atoms with Gasteiger partial charge in [-0.1, -0.05) is 36.4 Å². The van der Waals surface area contributed by atoms with Crippen LogP contribution in [0.3, 0.4) is 0 Å². The van der Waals surface area contributed by atoms with E-state index in [0.717, 1.165) is 28.4 Å². The van der Waals surface area contributed by atoms with Crippen molar-refractivity contribution in [2.45, 2.75) is 31.6 Å². The summed E-state index contributed by atoms with van der Waals surface area (Å²) in [5, 5.41) is 10.1. The Morgan fingerprint density at radius 2 is 1.74 bits per heavy atom. The number of alkyl halides is 3. The first kappa shape index (κ1) is 26.5. The summed E-state index contributed by atoms with van der Waals surface area (Å²) in [6, 6.07) is 22.0. The number of nitrogen functional groups attached to an aromatic ring is 1. The van der Waals surface area contributed by atoms with Crippen LogP contribution in [-0.2, 0) is 12.7 Å². The molecule has 1 aromatic heterocycles. The quantitative estimate of drug-likeness (QED) is 0.219. The van der Waals surface area contributed by atoms with E-state index in [1.807, 2.05) is 36.4 Å². The van der Waals surface area contributed by atoms with Gasteiger partial charge in [-0.3, -0.25) is 4.79 Å². The largest absolute Gasteiger partial charge is 0.435 e. The number of aromatic nitrogens is 2. The molecule has 5 rings (SSSR count). The Balaban J connectivity index is 1.45. The molecule has 7 nitrogen and oxygen atoms in total.